The Balaban J connectivity index is 2.17. The van der Waals surface area contributed by atoms with Gasteiger partial charge in [-0.15, -0.1) is 0 Å². The zero-order valence-corrected chi connectivity index (χ0v) is 13.2. The fourth-order valence-electron chi connectivity index (χ4n) is 3.92. The molecular weight excluding hydrogens is 268 g/mol. The van der Waals surface area contributed by atoms with Crippen molar-refractivity contribution in [3.63, 3.8) is 0 Å². The van der Waals surface area contributed by atoms with E-state index in [0.717, 1.165) is 38.6 Å². The monoisotopic (exact) mass is 296 g/mol. The number of likely N-dealkylation sites (tertiary alicyclic amines) is 1. The van der Waals surface area contributed by atoms with E-state index in [1.807, 2.05) is 0 Å². The predicted molar refractivity (Wildman–Crippen MR) is 81.0 cm³/mol. The van der Waals surface area contributed by atoms with Gasteiger partial charge in [0.15, 0.2) is 0 Å². The minimum absolute atomic E-state index is 0.0660. The van der Waals surface area contributed by atoms with Crippen LogP contribution in [0.25, 0.3) is 0 Å². The fourth-order valence-corrected chi connectivity index (χ4v) is 3.92. The molecule has 0 aromatic rings. The van der Waals surface area contributed by atoms with Crippen molar-refractivity contribution in [3.05, 3.63) is 0 Å². The number of carbonyl (C=O) groups excluding carboxylic acids is 1. The van der Waals surface area contributed by atoms with Gasteiger partial charge in [-0.1, -0.05) is 26.7 Å². The molecule has 0 aliphatic carbocycles. The van der Waals surface area contributed by atoms with Gasteiger partial charge >= 0.3 is 5.97 Å². The Kier molecular flexibility index (Phi) is 5.25. The maximum absolute atomic E-state index is 13.0. The first kappa shape index (κ1) is 16.3. The van der Waals surface area contributed by atoms with Crippen molar-refractivity contribution in [2.45, 2.75) is 58.4 Å². The van der Waals surface area contributed by atoms with Gasteiger partial charge in [0, 0.05) is 13.1 Å². The van der Waals surface area contributed by atoms with Crippen molar-refractivity contribution in [3.8, 4) is 0 Å². The Morgan fingerprint density at radius 3 is 2.67 bits per heavy atom. The van der Waals surface area contributed by atoms with Crippen molar-refractivity contribution in [2.24, 2.45) is 11.3 Å². The molecular formula is C16H28N2O3. The molecule has 0 aromatic carbocycles. The number of nitrogens with zero attached hydrogens (tertiary/aromatic N) is 1. The summed E-state index contributed by atoms with van der Waals surface area (Å²) in [7, 11) is 0. The second-order valence-electron chi connectivity index (χ2n) is 6.61. The molecule has 0 spiro atoms. The molecule has 2 aliphatic heterocycles. The standard InChI is InChI=1S/C16H28N2O3/c1-3-6-16(7-8-17-11-16)15(21)18-9-5-12(4-2)10-13(18)14(19)20/h12-13,17H,3-11H2,1-2H3,(H,19,20). The van der Waals surface area contributed by atoms with E-state index in [9.17, 15) is 14.7 Å². The van der Waals surface area contributed by atoms with Crippen LogP contribution in [0.4, 0.5) is 0 Å². The van der Waals surface area contributed by atoms with E-state index in [1.165, 1.54) is 0 Å². The summed E-state index contributed by atoms with van der Waals surface area (Å²) in [5, 5.41) is 12.8. The maximum atomic E-state index is 13.0. The van der Waals surface area contributed by atoms with Crippen LogP contribution in [-0.2, 0) is 9.59 Å². The Hall–Kier alpha value is -1.10. The van der Waals surface area contributed by atoms with Crippen LogP contribution in [-0.4, -0.2) is 47.6 Å². The highest BCUT2D eigenvalue weighted by Crippen LogP contribution is 2.36. The van der Waals surface area contributed by atoms with Crippen molar-refractivity contribution >= 4 is 11.9 Å². The number of carboxylic acids is 1. The van der Waals surface area contributed by atoms with E-state index >= 15 is 0 Å². The van der Waals surface area contributed by atoms with Gasteiger partial charge in [0.25, 0.3) is 0 Å². The van der Waals surface area contributed by atoms with Crippen LogP contribution in [0.2, 0.25) is 0 Å². The third kappa shape index (κ3) is 3.23. The van der Waals surface area contributed by atoms with E-state index in [2.05, 4.69) is 19.2 Å². The second-order valence-corrected chi connectivity index (χ2v) is 6.61. The van der Waals surface area contributed by atoms with Gasteiger partial charge in [-0.2, -0.15) is 0 Å². The van der Waals surface area contributed by atoms with E-state index in [4.69, 9.17) is 0 Å². The molecule has 21 heavy (non-hydrogen) atoms. The van der Waals surface area contributed by atoms with Crippen LogP contribution in [0.1, 0.15) is 52.4 Å². The first-order valence-electron chi connectivity index (χ1n) is 8.28. The second kappa shape index (κ2) is 6.77. The summed E-state index contributed by atoms with van der Waals surface area (Å²) in [6, 6.07) is -0.634. The van der Waals surface area contributed by atoms with Gasteiger partial charge in [-0.05, 0) is 38.1 Å². The molecule has 3 atom stereocenters. The molecule has 0 radical (unpaired) electrons. The molecule has 5 nitrogen and oxygen atoms in total. The van der Waals surface area contributed by atoms with E-state index in [1.54, 1.807) is 4.90 Å². The maximum Gasteiger partial charge on any atom is 0.326 e. The zero-order valence-electron chi connectivity index (χ0n) is 13.2. The van der Waals surface area contributed by atoms with Gasteiger partial charge in [0.05, 0.1) is 5.41 Å². The molecule has 2 saturated heterocycles. The lowest BCUT2D eigenvalue weighted by atomic mass is 9.79. The summed E-state index contributed by atoms with van der Waals surface area (Å²) in [5.41, 5.74) is -0.374. The molecule has 5 heteroatoms. The number of hydrogen-bond acceptors (Lipinski definition) is 3. The fraction of sp³-hybridized carbons (Fsp3) is 0.875. The SMILES string of the molecule is CCCC1(C(=O)N2CCC(CC)CC2C(=O)O)CCNC1. The average Bonchev–Trinajstić information content (AvgIpc) is 2.96. The summed E-state index contributed by atoms with van der Waals surface area (Å²) in [6.07, 6.45) is 5.16. The number of amides is 1. The molecule has 2 aliphatic rings. The number of piperidine rings is 1. The summed E-state index contributed by atoms with van der Waals surface area (Å²) in [6.45, 7) is 6.33. The number of aliphatic carboxylic acids is 1. The summed E-state index contributed by atoms with van der Waals surface area (Å²) in [4.78, 5) is 26.3. The van der Waals surface area contributed by atoms with Crippen LogP contribution in [0.15, 0.2) is 0 Å². The quantitative estimate of drug-likeness (QED) is 0.812. The highest BCUT2D eigenvalue weighted by Gasteiger charge is 2.46. The van der Waals surface area contributed by atoms with Crippen molar-refractivity contribution in [1.82, 2.24) is 10.2 Å². The number of carboxylic acid groups (broad SMARTS) is 1. The van der Waals surface area contributed by atoms with E-state index < -0.39 is 12.0 Å². The molecule has 3 unspecified atom stereocenters. The van der Waals surface area contributed by atoms with Gasteiger partial charge in [-0.25, -0.2) is 4.79 Å². The molecule has 0 saturated carbocycles. The zero-order chi connectivity index (χ0) is 15.5. The molecule has 2 heterocycles. The summed E-state index contributed by atoms with van der Waals surface area (Å²) < 4.78 is 0. The van der Waals surface area contributed by atoms with Gasteiger partial charge in [0.1, 0.15) is 6.04 Å². The molecule has 0 bridgehead atoms. The third-order valence-electron chi connectivity index (χ3n) is 5.26. The normalized spacial score (nSPS) is 33.1. The molecule has 2 fully saturated rings. The summed E-state index contributed by atoms with van der Waals surface area (Å²) in [5.74, 6) is -0.352. The largest absolute Gasteiger partial charge is 0.480 e. The van der Waals surface area contributed by atoms with Crippen LogP contribution < -0.4 is 5.32 Å². The predicted octanol–water partition coefficient (Wildman–Crippen LogP) is 1.87. The number of nitrogens with one attached hydrogen (secondary N) is 1. The lowest BCUT2D eigenvalue weighted by Gasteiger charge is -2.41. The lowest BCUT2D eigenvalue weighted by Crippen LogP contribution is -2.55. The van der Waals surface area contributed by atoms with Crippen LogP contribution >= 0.6 is 0 Å². The van der Waals surface area contributed by atoms with Crippen LogP contribution in [0.5, 0.6) is 0 Å². The first-order valence-corrected chi connectivity index (χ1v) is 8.28. The third-order valence-corrected chi connectivity index (χ3v) is 5.26. The van der Waals surface area contributed by atoms with Crippen LogP contribution in [0.3, 0.4) is 0 Å². The Morgan fingerprint density at radius 1 is 1.38 bits per heavy atom. The lowest BCUT2D eigenvalue weighted by molar-refractivity contribution is -0.158. The number of carbonyl (C=O) groups is 2. The highest BCUT2D eigenvalue weighted by molar-refractivity contribution is 5.88. The molecule has 2 rings (SSSR count). The van der Waals surface area contributed by atoms with Gasteiger partial charge < -0.3 is 15.3 Å². The van der Waals surface area contributed by atoms with Gasteiger partial charge in [0.2, 0.25) is 5.91 Å². The van der Waals surface area contributed by atoms with E-state index in [0.29, 0.717) is 25.4 Å². The van der Waals surface area contributed by atoms with Gasteiger partial charge in [-0.3, -0.25) is 4.79 Å². The minimum atomic E-state index is -0.848. The van der Waals surface area contributed by atoms with Crippen molar-refractivity contribution < 1.29 is 14.7 Å². The van der Waals surface area contributed by atoms with Crippen LogP contribution in [0, 0.1) is 11.3 Å². The summed E-state index contributed by atoms with van der Waals surface area (Å²) >= 11 is 0. The topological polar surface area (TPSA) is 69.6 Å². The molecule has 1 amide bonds. The van der Waals surface area contributed by atoms with E-state index in [-0.39, 0.29) is 11.3 Å². The number of hydrogen-bond donors (Lipinski definition) is 2. The van der Waals surface area contributed by atoms with Crippen molar-refractivity contribution in [1.29, 1.82) is 0 Å². The minimum Gasteiger partial charge on any atom is -0.480 e. The Labute approximate surface area is 127 Å². The Morgan fingerprint density at radius 2 is 2.14 bits per heavy atom. The molecule has 0 aromatic heterocycles. The highest BCUT2D eigenvalue weighted by atomic mass is 16.4. The van der Waals surface area contributed by atoms with Crippen molar-refractivity contribution in [2.75, 3.05) is 19.6 Å². The Bertz CT molecular complexity index is 391. The smallest absolute Gasteiger partial charge is 0.326 e. The first-order chi connectivity index (χ1) is 10.0. The average molecular weight is 296 g/mol. The molecule has 2 N–H and O–H groups in total. The molecule has 120 valence electrons. The number of rotatable bonds is 5.